The molecular formula is C21H22ClN5O2. The molecule has 2 bridgehead atoms. The summed E-state index contributed by atoms with van der Waals surface area (Å²) in [5.41, 5.74) is 1.57. The fourth-order valence-corrected chi connectivity index (χ4v) is 4.69. The molecule has 2 aliphatic heterocycles. The highest BCUT2D eigenvalue weighted by Crippen LogP contribution is 2.41. The molecule has 2 aromatic heterocycles. The average Bonchev–Trinajstić information content (AvgIpc) is 3.30. The molecule has 4 heterocycles. The summed E-state index contributed by atoms with van der Waals surface area (Å²) in [5.74, 6) is 1.06. The van der Waals surface area contributed by atoms with Crippen LogP contribution in [0.5, 0.6) is 5.88 Å². The van der Waals surface area contributed by atoms with Crippen LogP contribution in [0.25, 0.3) is 5.69 Å². The third-order valence-electron chi connectivity index (χ3n) is 5.90. The molecule has 150 valence electrons. The summed E-state index contributed by atoms with van der Waals surface area (Å²) < 4.78 is 6.21. The molecule has 8 heteroatoms. The number of fused-ring (bicyclic) bond motifs is 3. The number of para-hydroxylation sites is 1. The molecule has 4 atom stereocenters. The fraction of sp³-hybridized carbons (Fsp3) is 0.381. The Morgan fingerprint density at radius 2 is 1.93 bits per heavy atom. The smallest absolute Gasteiger partial charge is 0.213 e. The Morgan fingerprint density at radius 1 is 1.10 bits per heavy atom. The maximum absolute atomic E-state index is 11.3. The Bertz CT molecular complexity index is 965. The summed E-state index contributed by atoms with van der Waals surface area (Å²) in [5, 5.41) is 20.4. The van der Waals surface area contributed by atoms with Gasteiger partial charge in [0.05, 0.1) is 23.1 Å². The quantitative estimate of drug-likeness (QED) is 0.694. The summed E-state index contributed by atoms with van der Waals surface area (Å²) in [7, 11) is 0. The number of ether oxygens (including phenoxy) is 1. The normalized spacial score (nSPS) is 25.1. The van der Waals surface area contributed by atoms with Gasteiger partial charge in [0.1, 0.15) is 12.3 Å². The van der Waals surface area contributed by atoms with Gasteiger partial charge in [-0.15, -0.1) is 0 Å². The van der Waals surface area contributed by atoms with Crippen LogP contribution in [0.3, 0.4) is 0 Å². The lowest BCUT2D eigenvalue weighted by Crippen LogP contribution is -2.58. The average molecular weight is 412 g/mol. The van der Waals surface area contributed by atoms with Crippen molar-refractivity contribution in [3.05, 3.63) is 65.6 Å². The minimum absolute atomic E-state index is 0.0131. The van der Waals surface area contributed by atoms with E-state index in [1.54, 1.807) is 35.5 Å². The Kier molecular flexibility index (Phi) is 4.95. The topological polar surface area (TPSA) is 76.3 Å². The number of rotatable bonds is 5. The van der Waals surface area contributed by atoms with Crippen LogP contribution in [0, 0.1) is 5.92 Å². The van der Waals surface area contributed by atoms with Crippen LogP contribution in [-0.2, 0) is 0 Å². The Balaban J connectivity index is 1.40. The van der Waals surface area contributed by atoms with Crippen LogP contribution in [0.1, 0.15) is 31.1 Å². The van der Waals surface area contributed by atoms with Crippen molar-refractivity contribution in [2.75, 3.05) is 6.54 Å². The lowest BCUT2D eigenvalue weighted by Gasteiger charge is -2.51. The molecular weight excluding hydrogens is 390 g/mol. The van der Waals surface area contributed by atoms with E-state index in [9.17, 15) is 5.11 Å². The fourth-order valence-electron chi connectivity index (χ4n) is 4.58. The largest absolute Gasteiger partial charge is 0.473 e. The van der Waals surface area contributed by atoms with Gasteiger partial charge in [-0.05, 0) is 37.3 Å². The molecule has 3 fully saturated rings. The second-order valence-electron chi connectivity index (χ2n) is 7.67. The number of aliphatic hydroxyl groups excluding tert-OH is 1. The molecule has 3 aromatic rings. The van der Waals surface area contributed by atoms with Gasteiger partial charge in [0.25, 0.3) is 0 Å². The number of pyridine rings is 1. The second kappa shape index (κ2) is 7.74. The second-order valence-corrected chi connectivity index (χ2v) is 8.10. The van der Waals surface area contributed by atoms with Crippen molar-refractivity contribution in [1.82, 2.24) is 24.9 Å². The van der Waals surface area contributed by atoms with Crippen molar-refractivity contribution >= 4 is 11.6 Å². The van der Waals surface area contributed by atoms with E-state index in [2.05, 4.69) is 20.1 Å². The van der Waals surface area contributed by atoms with Gasteiger partial charge >= 0.3 is 0 Å². The third kappa shape index (κ3) is 3.61. The van der Waals surface area contributed by atoms with Crippen molar-refractivity contribution in [3.8, 4) is 11.6 Å². The molecule has 1 aliphatic carbocycles. The first-order valence-electron chi connectivity index (χ1n) is 9.86. The molecule has 2 saturated heterocycles. The van der Waals surface area contributed by atoms with Crippen LogP contribution in [0.2, 0.25) is 5.02 Å². The molecule has 0 amide bonds. The van der Waals surface area contributed by atoms with E-state index < -0.39 is 6.23 Å². The van der Waals surface area contributed by atoms with Gasteiger partial charge < -0.3 is 9.84 Å². The van der Waals surface area contributed by atoms with E-state index >= 15 is 0 Å². The van der Waals surface area contributed by atoms with Gasteiger partial charge in [0, 0.05) is 30.4 Å². The first-order chi connectivity index (χ1) is 14.2. The Labute approximate surface area is 173 Å². The van der Waals surface area contributed by atoms with Crippen LogP contribution >= 0.6 is 11.6 Å². The van der Waals surface area contributed by atoms with Gasteiger partial charge in [-0.3, -0.25) is 4.90 Å². The maximum Gasteiger partial charge on any atom is 0.213 e. The number of hydrogen-bond donors (Lipinski definition) is 1. The summed E-state index contributed by atoms with van der Waals surface area (Å²) >= 11 is 5.94. The minimum atomic E-state index is -0.755. The SMILES string of the molecule is OC(c1ccccc1-n1nccn1)N1CC2CCC1C(Oc1ccc(Cl)cn1)C2. The summed E-state index contributed by atoms with van der Waals surface area (Å²) in [6, 6.07) is 11.4. The zero-order chi connectivity index (χ0) is 19.8. The van der Waals surface area contributed by atoms with E-state index in [1.807, 2.05) is 24.3 Å². The molecule has 1 saturated carbocycles. The van der Waals surface area contributed by atoms with Crippen molar-refractivity contribution in [3.63, 3.8) is 0 Å². The monoisotopic (exact) mass is 411 g/mol. The molecule has 7 nitrogen and oxygen atoms in total. The van der Waals surface area contributed by atoms with E-state index in [4.69, 9.17) is 16.3 Å². The minimum Gasteiger partial charge on any atom is -0.473 e. The third-order valence-corrected chi connectivity index (χ3v) is 6.12. The Hall–Kier alpha value is -2.48. The summed E-state index contributed by atoms with van der Waals surface area (Å²) in [6.45, 7) is 0.848. The number of piperidine rings is 2. The number of halogens is 1. The van der Waals surface area contributed by atoms with E-state index in [1.165, 1.54) is 0 Å². The number of nitrogens with zero attached hydrogens (tertiary/aromatic N) is 5. The van der Waals surface area contributed by atoms with Crippen molar-refractivity contribution in [2.24, 2.45) is 5.92 Å². The molecule has 1 N–H and O–H groups in total. The predicted octanol–water partition coefficient (Wildman–Crippen LogP) is 3.24. The molecule has 0 radical (unpaired) electrons. The number of aromatic nitrogens is 4. The molecule has 29 heavy (non-hydrogen) atoms. The molecule has 6 rings (SSSR count). The van der Waals surface area contributed by atoms with E-state index in [0.29, 0.717) is 16.8 Å². The number of hydrogen-bond acceptors (Lipinski definition) is 6. The molecule has 0 spiro atoms. The van der Waals surface area contributed by atoms with Crippen molar-refractivity contribution in [2.45, 2.75) is 37.6 Å². The summed E-state index contributed by atoms with van der Waals surface area (Å²) in [6.07, 6.45) is 7.21. The van der Waals surface area contributed by atoms with Gasteiger partial charge in [-0.1, -0.05) is 29.8 Å². The molecule has 4 unspecified atom stereocenters. The first kappa shape index (κ1) is 18.5. The highest BCUT2D eigenvalue weighted by Gasteiger charge is 2.45. The highest BCUT2D eigenvalue weighted by atomic mass is 35.5. The van der Waals surface area contributed by atoms with Crippen molar-refractivity contribution in [1.29, 1.82) is 0 Å². The lowest BCUT2D eigenvalue weighted by molar-refractivity contribution is -0.123. The zero-order valence-corrected chi connectivity index (χ0v) is 16.6. The Morgan fingerprint density at radius 3 is 2.69 bits per heavy atom. The zero-order valence-electron chi connectivity index (χ0n) is 15.8. The molecule has 1 aromatic carbocycles. The van der Waals surface area contributed by atoms with Crippen LogP contribution in [0.4, 0.5) is 0 Å². The summed E-state index contributed by atoms with van der Waals surface area (Å²) in [4.78, 5) is 7.98. The lowest BCUT2D eigenvalue weighted by atomic mass is 9.77. The maximum atomic E-state index is 11.3. The van der Waals surface area contributed by atoms with Gasteiger partial charge in [-0.2, -0.15) is 15.0 Å². The van der Waals surface area contributed by atoms with Crippen LogP contribution < -0.4 is 4.74 Å². The van der Waals surface area contributed by atoms with Gasteiger partial charge in [-0.25, -0.2) is 4.98 Å². The predicted molar refractivity (Wildman–Crippen MR) is 108 cm³/mol. The number of benzene rings is 1. The van der Waals surface area contributed by atoms with Crippen molar-refractivity contribution < 1.29 is 9.84 Å². The van der Waals surface area contributed by atoms with Crippen LogP contribution in [0.15, 0.2) is 55.0 Å². The first-order valence-corrected chi connectivity index (χ1v) is 10.2. The highest BCUT2D eigenvalue weighted by molar-refractivity contribution is 6.30. The van der Waals surface area contributed by atoms with Gasteiger partial charge in [0.15, 0.2) is 0 Å². The van der Waals surface area contributed by atoms with Gasteiger partial charge in [0.2, 0.25) is 5.88 Å². The van der Waals surface area contributed by atoms with E-state index in [-0.39, 0.29) is 12.1 Å². The van der Waals surface area contributed by atoms with Crippen LogP contribution in [-0.4, -0.2) is 48.7 Å². The standard InChI is InChI=1S/C21H22ClN5O2/c22-15-6-8-20(23-12-15)29-19-11-14-5-7-18(19)26(13-14)21(28)16-3-1-2-4-17(16)27-24-9-10-25-27/h1-4,6,8-10,12,14,18-19,21,28H,5,7,11,13H2. The van der Waals surface area contributed by atoms with E-state index in [0.717, 1.165) is 37.1 Å². The number of aliphatic hydroxyl groups is 1. The molecule has 3 aliphatic rings.